The second-order valence-electron chi connectivity index (χ2n) is 5.18. The maximum atomic E-state index is 11.7. The summed E-state index contributed by atoms with van der Waals surface area (Å²) in [7, 11) is 0. The Labute approximate surface area is 104 Å². The van der Waals surface area contributed by atoms with Crippen LogP contribution in [0.2, 0.25) is 0 Å². The number of amides is 1. The fraction of sp³-hybridized carbons (Fsp3) is 0.917. The highest BCUT2D eigenvalue weighted by molar-refractivity contribution is 6.19. The van der Waals surface area contributed by atoms with E-state index < -0.39 is 5.41 Å². The molecule has 4 heteroatoms. The first kappa shape index (κ1) is 13.8. The molecule has 1 fully saturated rings. The average Bonchev–Trinajstić information content (AvgIpc) is 2.76. The van der Waals surface area contributed by atoms with E-state index in [9.17, 15) is 4.79 Å². The van der Waals surface area contributed by atoms with Crippen molar-refractivity contribution in [1.82, 2.24) is 10.2 Å². The van der Waals surface area contributed by atoms with E-state index in [4.69, 9.17) is 11.6 Å². The number of nitrogens with zero attached hydrogens (tertiary/aromatic N) is 1. The number of likely N-dealkylation sites (tertiary alicyclic amines) is 1. The summed E-state index contributed by atoms with van der Waals surface area (Å²) in [5.74, 6) is 0.425. The van der Waals surface area contributed by atoms with Crippen molar-refractivity contribution in [3.63, 3.8) is 0 Å². The molecular formula is C12H23ClN2O. The van der Waals surface area contributed by atoms with Gasteiger partial charge in [-0.2, -0.15) is 0 Å². The molecule has 1 aliphatic rings. The third-order valence-corrected chi connectivity index (χ3v) is 3.75. The standard InChI is InChI=1S/C12H23ClN2O/c1-12(2,10-13)11(16)14-6-5-9-15-7-3-4-8-15/h3-10H2,1-2H3,(H,14,16). The second kappa shape index (κ2) is 6.45. The van der Waals surface area contributed by atoms with E-state index in [1.165, 1.54) is 25.9 Å². The van der Waals surface area contributed by atoms with Crippen molar-refractivity contribution in [2.45, 2.75) is 33.1 Å². The van der Waals surface area contributed by atoms with Crippen LogP contribution in [-0.4, -0.2) is 42.9 Å². The van der Waals surface area contributed by atoms with Crippen LogP contribution >= 0.6 is 11.6 Å². The highest BCUT2D eigenvalue weighted by atomic mass is 35.5. The molecule has 3 nitrogen and oxygen atoms in total. The SMILES string of the molecule is CC(C)(CCl)C(=O)NCCCN1CCCC1. The zero-order chi connectivity index (χ0) is 12.0. The molecule has 0 atom stereocenters. The summed E-state index contributed by atoms with van der Waals surface area (Å²) >= 11 is 5.74. The number of alkyl halides is 1. The lowest BCUT2D eigenvalue weighted by Gasteiger charge is -2.21. The summed E-state index contributed by atoms with van der Waals surface area (Å²) < 4.78 is 0. The van der Waals surface area contributed by atoms with Crippen molar-refractivity contribution in [3.8, 4) is 0 Å². The van der Waals surface area contributed by atoms with Gasteiger partial charge in [0.15, 0.2) is 0 Å². The number of carbonyl (C=O) groups is 1. The number of hydrogen-bond acceptors (Lipinski definition) is 2. The third-order valence-electron chi connectivity index (χ3n) is 3.08. The minimum Gasteiger partial charge on any atom is -0.356 e. The summed E-state index contributed by atoms with van der Waals surface area (Å²) in [6.45, 7) is 8.05. The second-order valence-corrected chi connectivity index (χ2v) is 5.44. The topological polar surface area (TPSA) is 32.3 Å². The normalized spacial score (nSPS) is 17.7. The molecule has 0 spiro atoms. The van der Waals surface area contributed by atoms with Gasteiger partial charge in [-0.15, -0.1) is 11.6 Å². The molecule has 0 aliphatic carbocycles. The average molecular weight is 247 g/mol. The van der Waals surface area contributed by atoms with E-state index in [2.05, 4.69) is 10.2 Å². The van der Waals surface area contributed by atoms with Gasteiger partial charge in [-0.05, 0) is 52.7 Å². The molecule has 0 aromatic carbocycles. The molecule has 0 unspecified atom stereocenters. The van der Waals surface area contributed by atoms with Crippen LogP contribution in [-0.2, 0) is 4.79 Å². The minimum atomic E-state index is -0.449. The van der Waals surface area contributed by atoms with Gasteiger partial charge in [0.25, 0.3) is 0 Å². The van der Waals surface area contributed by atoms with Gasteiger partial charge in [0, 0.05) is 12.4 Å². The Morgan fingerprint density at radius 3 is 2.56 bits per heavy atom. The van der Waals surface area contributed by atoms with Crippen LogP contribution < -0.4 is 5.32 Å². The maximum absolute atomic E-state index is 11.7. The molecular weight excluding hydrogens is 224 g/mol. The van der Waals surface area contributed by atoms with Crippen molar-refractivity contribution in [2.75, 3.05) is 32.1 Å². The smallest absolute Gasteiger partial charge is 0.226 e. The summed E-state index contributed by atoms with van der Waals surface area (Å²) in [6, 6.07) is 0. The molecule has 1 amide bonds. The highest BCUT2D eigenvalue weighted by Gasteiger charge is 2.25. The van der Waals surface area contributed by atoms with Gasteiger partial charge in [-0.3, -0.25) is 4.79 Å². The van der Waals surface area contributed by atoms with Crippen LogP contribution in [0, 0.1) is 5.41 Å². The van der Waals surface area contributed by atoms with E-state index in [1.54, 1.807) is 0 Å². The Bertz CT molecular complexity index is 225. The Hall–Kier alpha value is -0.280. The monoisotopic (exact) mass is 246 g/mol. The molecule has 0 aromatic rings. The lowest BCUT2D eigenvalue weighted by atomic mass is 9.95. The van der Waals surface area contributed by atoms with Crippen molar-refractivity contribution in [3.05, 3.63) is 0 Å². The van der Waals surface area contributed by atoms with Crippen LogP contribution in [0.25, 0.3) is 0 Å². The van der Waals surface area contributed by atoms with Gasteiger partial charge in [0.2, 0.25) is 5.91 Å². The Balaban J connectivity index is 2.08. The summed E-state index contributed by atoms with van der Waals surface area (Å²) in [5, 5.41) is 2.95. The quantitative estimate of drug-likeness (QED) is 0.573. The van der Waals surface area contributed by atoms with Gasteiger partial charge in [0.05, 0.1) is 5.41 Å². The van der Waals surface area contributed by atoms with Crippen molar-refractivity contribution in [1.29, 1.82) is 0 Å². The van der Waals surface area contributed by atoms with Gasteiger partial charge in [-0.1, -0.05) is 0 Å². The molecule has 0 radical (unpaired) electrons. The molecule has 16 heavy (non-hydrogen) atoms. The Morgan fingerprint density at radius 1 is 1.38 bits per heavy atom. The highest BCUT2D eigenvalue weighted by Crippen LogP contribution is 2.16. The van der Waals surface area contributed by atoms with E-state index in [-0.39, 0.29) is 5.91 Å². The molecule has 1 heterocycles. The number of hydrogen-bond donors (Lipinski definition) is 1. The fourth-order valence-electron chi connectivity index (χ4n) is 1.81. The number of carbonyl (C=O) groups excluding carboxylic acids is 1. The van der Waals surface area contributed by atoms with Crippen molar-refractivity contribution < 1.29 is 4.79 Å². The molecule has 0 bridgehead atoms. The fourth-order valence-corrected chi connectivity index (χ4v) is 1.93. The first-order valence-corrected chi connectivity index (χ1v) is 6.66. The minimum absolute atomic E-state index is 0.0592. The van der Waals surface area contributed by atoms with Gasteiger partial charge in [0.1, 0.15) is 0 Å². The van der Waals surface area contributed by atoms with E-state index >= 15 is 0 Å². The third kappa shape index (κ3) is 4.30. The Kier molecular flexibility index (Phi) is 5.56. The van der Waals surface area contributed by atoms with Crippen LogP contribution in [0.4, 0.5) is 0 Å². The predicted molar refractivity (Wildman–Crippen MR) is 67.8 cm³/mol. The van der Waals surface area contributed by atoms with Crippen molar-refractivity contribution in [2.24, 2.45) is 5.41 Å². The molecule has 0 aromatic heterocycles. The lowest BCUT2D eigenvalue weighted by molar-refractivity contribution is -0.128. The molecule has 0 saturated carbocycles. The first-order valence-electron chi connectivity index (χ1n) is 6.13. The van der Waals surface area contributed by atoms with E-state index in [1.807, 2.05) is 13.8 Å². The zero-order valence-corrected chi connectivity index (χ0v) is 11.1. The van der Waals surface area contributed by atoms with E-state index in [0.717, 1.165) is 19.5 Å². The van der Waals surface area contributed by atoms with Gasteiger partial charge < -0.3 is 10.2 Å². The van der Waals surface area contributed by atoms with Crippen LogP contribution in [0.5, 0.6) is 0 Å². The first-order chi connectivity index (χ1) is 7.56. The van der Waals surface area contributed by atoms with Crippen LogP contribution in [0.3, 0.4) is 0 Å². The molecule has 1 aliphatic heterocycles. The van der Waals surface area contributed by atoms with Crippen molar-refractivity contribution >= 4 is 17.5 Å². The summed E-state index contributed by atoms with van der Waals surface area (Å²) in [6.07, 6.45) is 3.68. The molecule has 1 saturated heterocycles. The molecule has 1 N–H and O–H groups in total. The number of halogens is 1. The summed E-state index contributed by atoms with van der Waals surface area (Å²) in [4.78, 5) is 14.1. The zero-order valence-electron chi connectivity index (χ0n) is 10.4. The molecule has 94 valence electrons. The number of nitrogens with one attached hydrogen (secondary N) is 1. The van der Waals surface area contributed by atoms with Crippen LogP contribution in [0.15, 0.2) is 0 Å². The predicted octanol–water partition coefficient (Wildman–Crippen LogP) is 1.85. The molecule has 1 rings (SSSR count). The van der Waals surface area contributed by atoms with Gasteiger partial charge >= 0.3 is 0 Å². The van der Waals surface area contributed by atoms with Gasteiger partial charge in [-0.25, -0.2) is 0 Å². The maximum Gasteiger partial charge on any atom is 0.226 e. The Morgan fingerprint density at radius 2 is 2.00 bits per heavy atom. The van der Waals surface area contributed by atoms with E-state index in [0.29, 0.717) is 5.88 Å². The largest absolute Gasteiger partial charge is 0.356 e. The summed E-state index contributed by atoms with van der Waals surface area (Å²) in [5.41, 5.74) is -0.449. The van der Waals surface area contributed by atoms with Crippen LogP contribution in [0.1, 0.15) is 33.1 Å². The number of rotatable bonds is 6. The lowest BCUT2D eigenvalue weighted by Crippen LogP contribution is -2.39.